The fourth-order valence-corrected chi connectivity index (χ4v) is 2.91. The Kier molecular flexibility index (Phi) is 5.98. The Morgan fingerprint density at radius 1 is 1.32 bits per heavy atom. The van der Waals surface area contributed by atoms with E-state index in [4.69, 9.17) is 4.74 Å². The average Bonchev–Trinajstić information content (AvgIpc) is 2.90. The summed E-state index contributed by atoms with van der Waals surface area (Å²) in [6, 6.07) is 8.35. The quantitative estimate of drug-likeness (QED) is 0.667. The SMILES string of the molecule is CCCCN1CC(CC(F)(F)C(=O)OCC)(c2ccccc2)OC1=O. The van der Waals surface area contributed by atoms with Crippen molar-refractivity contribution in [2.75, 3.05) is 19.7 Å². The molecule has 0 radical (unpaired) electrons. The predicted molar refractivity (Wildman–Crippen MR) is 87.3 cm³/mol. The summed E-state index contributed by atoms with van der Waals surface area (Å²) in [5.41, 5.74) is -1.14. The van der Waals surface area contributed by atoms with Gasteiger partial charge in [-0.05, 0) is 18.9 Å². The molecule has 0 N–H and O–H groups in total. The molecule has 1 unspecified atom stereocenters. The zero-order valence-electron chi connectivity index (χ0n) is 14.5. The minimum atomic E-state index is -3.76. The van der Waals surface area contributed by atoms with Crippen molar-refractivity contribution < 1.29 is 27.8 Å². The lowest BCUT2D eigenvalue weighted by Crippen LogP contribution is -2.43. The molecule has 1 aromatic carbocycles. The highest BCUT2D eigenvalue weighted by Crippen LogP contribution is 2.42. The highest BCUT2D eigenvalue weighted by molar-refractivity contribution is 5.78. The van der Waals surface area contributed by atoms with Crippen LogP contribution in [0.3, 0.4) is 0 Å². The summed E-state index contributed by atoms with van der Waals surface area (Å²) in [6.45, 7) is 3.69. The maximum absolute atomic E-state index is 14.4. The molecule has 1 aliphatic rings. The largest absolute Gasteiger partial charge is 0.462 e. The molecule has 5 nitrogen and oxygen atoms in total. The first-order valence-corrected chi connectivity index (χ1v) is 8.43. The second-order valence-corrected chi connectivity index (χ2v) is 6.11. The van der Waals surface area contributed by atoms with Gasteiger partial charge >= 0.3 is 18.0 Å². The van der Waals surface area contributed by atoms with Gasteiger partial charge in [0.05, 0.1) is 19.6 Å². The second-order valence-electron chi connectivity index (χ2n) is 6.11. The van der Waals surface area contributed by atoms with Crippen LogP contribution in [0.2, 0.25) is 0 Å². The van der Waals surface area contributed by atoms with Gasteiger partial charge in [-0.2, -0.15) is 8.78 Å². The van der Waals surface area contributed by atoms with Gasteiger partial charge in [0.15, 0.2) is 5.60 Å². The van der Waals surface area contributed by atoms with E-state index in [9.17, 15) is 18.4 Å². The molecule has 0 bridgehead atoms. The molecule has 1 amide bonds. The van der Waals surface area contributed by atoms with E-state index in [0.717, 1.165) is 12.8 Å². The summed E-state index contributed by atoms with van der Waals surface area (Å²) in [7, 11) is 0. The first-order valence-electron chi connectivity index (χ1n) is 8.43. The standard InChI is InChI=1S/C18H23F2NO4/c1-3-5-11-21-13-17(25-16(21)23,14-9-7-6-8-10-14)12-18(19,20)15(22)24-4-2/h6-10H,3-5,11-13H2,1-2H3. The fraction of sp³-hybridized carbons (Fsp3) is 0.556. The van der Waals surface area contributed by atoms with Crippen LogP contribution in [-0.2, 0) is 19.9 Å². The van der Waals surface area contributed by atoms with E-state index < -0.39 is 30.0 Å². The fourth-order valence-electron chi connectivity index (χ4n) is 2.91. The maximum Gasteiger partial charge on any atom is 0.410 e. The number of hydrogen-bond acceptors (Lipinski definition) is 4. The van der Waals surface area contributed by atoms with Crippen LogP contribution in [0.5, 0.6) is 0 Å². The molecule has 2 rings (SSSR count). The Hall–Kier alpha value is -2.18. The number of alkyl halides is 2. The Labute approximate surface area is 145 Å². The third kappa shape index (κ3) is 4.27. The minimum absolute atomic E-state index is 0.0230. The maximum atomic E-state index is 14.4. The van der Waals surface area contributed by atoms with Crippen molar-refractivity contribution in [3.05, 3.63) is 35.9 Å². The van der Waals surface area contributed by atoms with Gasteiger partial charge in [0.25, 0.3) is 0 Å². The molecule has 7 heteroatoms. The summed E-state index contributed by atoms with van der Waals surface area (Å²) < 4.78 is 38.7. The van der Waals surface area contributed by atoms with Crippen LogP contribution in [-0.4, -0.2) is 42.6 Å². The summed E-state index contributed by atoms with van der Waals surface area (Å²) in [4.78, 5) is 25.2. The van der Waals surface area contributed by atoms with E-state index >= 15 is 0 Å². The van der Waals surface area contributed by atoms with Gasteiger partial charge in [-0.3, -0.25) is 0 Å². The lowest BCUT2D eigenvalue weighted by molar-refractivity contribution is -0.179. The predicted octanol–water partition coefficient (Wildman–Crippen LogP) is 3.72. The number of benzene rings is 1. The molecular formula is C18H23F2NO4. The number of carbonyl (C=O) groups is 2. The molecule has 1 atom stereocenters. The molecule has 1 heterocycles. The van der Waals surface area contributed by atoms with E-state index in [1.165, 1.54) is 11.8 Å². The van der Waals surface area contributed by atoms with Crippen LogP contribution in [0.25, 0.3) is 0 Å². The van der Waals surface area contributed by atoms with Gasteiger partial charge in [-0.1, -0.05) is 43.7 Å². The number of esters is 1. The van der Waals surface area contributed by atoms with Crippen molar-refractivity contribution in [3.63, 3.8) is 0 Å². The Morgan fingerprint density at radius 3 is 2.60 bits per heavy atom. The molecule has 1 aliphatic heterocycles. The van der Waals surface area contributed by atoms with Gasteiger partial charge in [-0.15, -0.1) is 0 Å². The highest BCUT2D eigenvalue weighted by atomic mass is 19.3. The van der Waals surface area contributed by atoms with Crippen molar-refractivity contribution in [1.29, 1.82) is 0 Å². The molecule has 1 aromatic rings. The number of halogens is 2. The number of unbranched alkanes of at least 4 members (excludes halogenated alkanes) is 1. The summed E-state index contributed by atoms with van der Waals surface area (Å²) in [6.07, 6.45) is 0.0176. The lowest BCUT2D eigenvalue weighted by atomic mass is 9.87. The number of nitrogens with zero attached hydrogens (tertiary/aromatic N) is 1. The molecule has 25 heavy (non-hydrogen) atoms. The first kappa shape index (κ1) is 19.1. The van der Waals surface area contributed by atoms with E-state index in [1.54, 1.807) is 30.3 Å². The normalized spacial score (nSPS) is 20.5. The van der Waals surface area contributed by atoms with Crippen molar-refractivity contribution in [2.24, 2.45) is 0 Å². The van der Waals surface area contributed by atoms with E-state index in [-0.39, 0.29) is 13.2 Å². The third-order valence-corrected chi connectivity index (χ3v) is 4.15. The second kappa shape index (κ2) is 7.80. The number of carbonyl (C=O) groups excluding carboxylic acids is 2. The topological polar surface area (TPSA) is 55.8 Å². The molecule has 0 saturated carbocycles. The number of rotatable bonds is 8. The monoisotopic (exact) mass is 355 g/mol. The van der Waals surface area contributed by atoms with Crippen LogP contribution < -0.4 is 0 Å². The Bertz CT molecular complexity index is 608. The summed E-state index contributed by atoms with van der Waals surface area (Å²) in [5.74, 6) is -5.36. The molecular weight excluding hydrogens is 332 g/mol. The Morgan fingerprint density at radius 2 is 2.00 bits per heavy atom. The molecule has 0 aliphatic carbocycles. The molecule has 1 saturated heterocycles. The van der Waals surface area contributed by atoms with Crippen LogP contribution in [0, 0.1) is 0 Å². The summed E-state index contributed by atoms with van der Waals surface area (Å²) in [5, 5.41) is 0. The van der Waals surface area contributed by atoms with Crippen LogP contribution >= 0.6 is 0 Å². The zero-order valence-corrected chi connectivity index (χ0v) is 14.5. The number of cyclic esters (lactones) is 1. The zero-order chi connectivity index (χ0) is 18.5. The van der Waals surface area contributed by atoms with Gasteiger partial charge in [0.1, 0.15) is 0 Å². The van der Waals surface area contributed by atoms with E-state index in [0.29, 0.717) is 12.1 Å². The minimum Gasteiger partial charge on any atom is -0.462 e. The molecule has 0 spiro atoms. The van der Waals surface area contributed by atoms with Crippen molar-refractivity contribution in [1.82, 2.24) is 4.90 Å². The molecule has 1 fully saturated rings. The number of ether oxygens (including phenoxy) is 2. The molecule has 138 valence electrons. The van der Waals surface area contributed by atoms with Gasteiger partial charge in [0, 0.05) is 6.54 Å². The van der Waals surface area contributed by atoms with Crippen molar-refractivity contribution in [2.45, 2.75) is 44.6 Å². The first-order chi connectivity index (χ1) is 11.8. The van der Waals surface area contributed by atoms with Crippen LogP contribution in [0.1, 0.15) is 38.7 Å². The average molecular weight is 355 g/mol. The van der Waals surface area contributed by atoms with Crippen LogP contribution in [0.15, 0.2) is 30.3 Å². The van der Waals surface area contributed by atoms with Crippen molar-refractivity contribution >= 4 is 12.1 Å². The highest BCUT2D eigenvalue weighted by Gasteiger charge is 2.55. The van der Waals surface area contributed by atoms with Gasteiger partial charge < -0.3 is 14.4 Å². The summed E-state index contributed by atoms with van der Waals surface area (Å²) >= 11 is 0. The van der Waals surface area contributed by atoms with Gasteiger partial charge in [-0.25, -0.2) is 9.59 Å². The van der Waals surface area contributed by atoms with Gasteiger partial charge in [0.2, 0.25) is 0 Å². The number of amides is 1. The smallest absolute Gasteiger partial charge is 0.410 e. The van der Waals surface area contributed by atoms with E-state index in [1.807, 2.05) is 6.92 Å². The van der Waals surface area contributed by atoms with Crippen LogP contribution in [0.4, 0.5) is 13.6 Å². The van der Waals surface area contributed by atoms with E-state index in [2.05, 4.69) is 4.74 Å². The number of hydrogen-bond donors (Lipinski definition) is 0. The van der Waals surface area contributed by atoms with Crippen molar-refractivity contribution in [3.8, 4) is 0 Å². The lowest BCUT2D eigenvalue weighted by Gasteiger charge is -2.30. The molecule has 0 aromatic heterocycles. The third-order valence-electron chi connectivity index (χ3n) is 4.15. The Balaban J connectivity index is 2.32.